The van der Waals surface area contributed by atoms with Gasteiger partial charge in [-0.2, -0.15) is 0 Å². The smallest absolute Gasteiger partial charge is 0.309 e. The minimum atomic E-state index is -0.311. The third kappa shape index (κ3) is 3.18. The van der Waals surface area contributed by atoms with Crippen molar-refractivity contribution >= 4 is 5.97 Å². The molecule has 0 amide bonds. The summed E-state index contributed by atoms with van der Waals surface area (Å²) in [4.78, 5) is 14.2. The van der Waals surface area contributed by atoms with E-state index in [1.54, 1.807) is 0 Å². The molecule has 1 aromatic rings. The maximum absolute atomic E-state index is 11.8. The van der Waals surface area contributed by atoms with Crippen molar-refractivity contribution in [3.8, 4) is 0 Å². The van der Waals surface area contributed by atoms with E-state index < -0.39 is 0 Å². The molecular weight excluding hydrogens is 278 g/mol. The topological polar surface area (TPSA) is 49.8 Å². The quantitative estimate of drug-likeness (QED) is 0.865. The highest BCUT2D eigenvalue weighted by molar-refractivity contribution is 5.72. The van der Waals surface area contributed by atoms with Crippen LogP contribution in [0.15, 0.2) is 24.3 Å². The number of benzene rings is 1. The molecule has 1 fully saturated rings. The Balaban J connectivity index is 1.61. The number of hydrogen-bond acceptors (Lipinski definition) is 4. The van der Waals surface area contributed by atoms with Crippen molar-refractivity contribution in [3.63, 3.8) is 0 Å². The first-order valence-corrected chi connectivity index (χ1v) is 8.34. The summed E-state index contributed by atoms with van der Waals surface area (Å²) in [6.45, 7) is 4.04. The molecule has 4 nitrogen and oxygen atoms in total. The molecule has 22 heavy (non-hydrogen) atoms. The Bertz CT molecular complexity index is 523. The Morgan fingerprint density at radius 2 is 1.86 bits per heavy atom. The van der Waals surface area contributed by atoms with Crippen molar-refractivity contribution in [2.45, 2.75) is 44.8 Å². The Hall–Kier alpha value is -1.39. The number of carbonyl (C=O) groups excluding carboxylic acids is 1. The third-order valence-corrected chi connectivity index (χ3v) is 5.04. The molecule has 0 spiro atoms. The van der Waals surface area contributed by atoms with Gasteiger partial charge in [0.05, 0.1) is 18.6 Å². The van der Waals surface area contributed by atoms with Crippen molar-refractivity contribution in [2.24, 2.45) is 5.92 Å². The van der Waals surface area contributed by atoms with Crippen LogP contribution in [0, 0.1) is 5.92 Å². The van der Waals surface area contributed by atoms with Crippen LogP contribution < -0.4 is 0 Å². The fraction of sp³-hybridized carbons (Fsp3) is 0.611. The van der Waals surface area contributed by atoms with Crippen LogP contribution in [0.25, 0.3) is 0 Å². The van der Waals surface area contributed by atoms with E-state index in [4.69, 9.17) is 4.74 Å². The molecule has 3 rings (SSSR count). The first-order chi connectivity index (χ1) is 10.7. The van der Waals surface area contributed by atoms with Crippen LogP contribution in [0.3, 0.4) is 0 Å². The molecule has 120 valence electrons. The van der Waals surface area contributed by atoms with E-state index in [9.17, 15) is 9.90 Å². The lowest BCUT2D eigenvalue weighted by Crippen LogP contribution is -2.51. The molecule has 1 N–H and O–H groups in total. The van der Waals surface area contributed by atoms with Crippen LogP contribution >= 0.6 is 0 Å². The Morgan fingerprint density at radius 3 is 2.50 bits per heavy atom. The van der Waals surface area contributed by atoms with E-state index >= 15 is 0 Å². The Labute approximate surface area is 132 Å². The van der Waals surface area contributed by atoms with E-state index in [0.717, 1.165) is 38.8 Å². The molecule has 1 saturated heterocycles. The second kappa shape index (κ2) is 6.80. The molecule has 1 aromatic carbocycles. The Kier molecular flexibility index (Phi) is 4.79. The van der Waals surface area contributed by atoms with Gasteiger partial charge in [0.2, 0.25) is 0 Å². The predicted molar refractivity (Wildman–Crippen MR) is 84.6 cm³/mol. The van der Waals surface area contributed by atoms with Gasteiger partial charge in [-0.25, -0.2) is 0 Å². The highest BCUT2D eigenvalue weighted by Crippen LogP contribution is 2.28. The minimum Gasteiger partial charge on any atom is -0.466 e. The fourth-order valence-electron chi connectivity index (χ4n) is 3.78. The first-order valence-electron chi connectivity index (χ1n) is 8.34. The number of piperidine rings is 1. The van der Waals surface area contributed by atoms with E-state index in [1.165, 1.54) is 11.1 Å². The van der Waals surface area contributed by atoms with Crippen LogP contribution in [0.2, 0.25) is 0 Å². The second-order valence-corrected chi connectivity index (χ2v) is 6.37. The minimum absolute atomic E-state index is 0.0317. The third-order valence-electron chi connectivity index (χ3n) is 5.04. The number of aliphatic hydroxyl groups is 1. The molecule has 0 saturated carbocycles. The highest BCUT2D eigenvalue weighted by Gasteiger charge is 2.35. The molecule has 0 aromatic heterocycles. The number of rotatable bonds is 3. The number of hydrogen-bond donors (Lipinski definition) is 1. The number of carbonyl (C=O) groups is 1. The molecule has 0 radical (unpaired) electrons. The Morgan fingerprint density at radius 1 is 1.23 bits per heavy atom. The number of nitrogens with zero attached hydrogens (tertiary/aromatic N) is 1. The summed E-state index contributed by atoms with van der Waals surface area (Å²) in [5.74, 6) is -0.0269. The van der Waals surface area contributed by atoms with Crippen molar-refractivity contribution in [3.05, 3.63) is 35.4 Å². The summed E-state index contributed by atoms with van der Waals surface area (Å²) < 4.78 is 5.12. The van der Waals surface area contributed by atoms with Gasteiger partial charge in [-0.1, -0.05) is 24.3 Å². The maximum atomic E-state index is 11.8. The van der Waals surface area contributed by atoms with Crippen LogP contribution in [0.1, 0.15) is 30.9 Å². The first kappa shape index (κ1) is 15.5. The summed E-state index contributed by atoms with van der Waals surface area (Å²) >= 11 is 0. The zero-order chi connectivity index (χ0) is 15.5. The lowest BCUT2D eigenvalue weighted by atomic mass is 9.84. The van der Waals surface area contributed by atoms with Gasteiger partial charge in [0.1, 0.15) is 0 Å². The number of aliphatic hydroxyl groups excluding tert-OH is 1. The van der Waals surface area contributed by atoms with Crippen molar-refractivity contribution in [1.82, 2.24) is 4.90 Å². The molecule has 2 atom stereocenters. The van der Waals surface area contributed by atoms with Crippen LogP contribution in [0.4, 0.5) is 0 Å². The summed E-state index contributed by atoms with van der Waals surface area (Å²) in [5, 5.41) is 10.5. The maximum Gasteiger partial charge on any atom is 0.309 e. The molecular formula is C18H25NO3. The van der Waals surface area contributed by atoms with Crippen LogP contribution in [0.5, 0.6) is 0 Å². The fourth-order valence-corrected chi connectivity index (χ4v) is 3.78. The normalized spacial score (nSPS) is 26.5. The van der Waals surface area contributed by atoms with Crippen LogP contribution in [-0.2, 0) is 22.4 Å². The van der Waals surface area contributed by atoms with Gasteiger partial charge in [0.15, 0.2) is 0 Å². The SMILES string of the molecule is CCOC(=O)C1CCN([C@@H]2Cc3ccccc3C[C@H]2O)CC1. The van der Waals surface area contributed by atoms with E-state index in [-0.39, 0.29) is 24.0 Å². The lowest BCUT2D eigenvalue weighted by Gasteiger charge is -2.41. The molecule has 1 aliphatic heterocycles. The second-order valence-electron chi connectivity index (χ2n) is 6.37. The molecule has 1 aliphatic carbocycles. The van der Waals surface area contributed by atoms with E-state index in [2.05, 4.69) is 23.1 Å². The zero-order valence-corrected chi connectivity index (χ0v) is 13.2. The summed E-state index contributed by atoms with van der Waals surface area (Å²) in [6.07, 6.45) is 3.00. The van der Waals surface area contributed by atoms with E-state index in [0.29, 0.717) is 6.61 Å². The average Bonchev–Trinajstić information content (AvgIpc) is 2.54. The zero-order valence-electron chi connectivity index (χ0n) is 13.2. The average molecular weight is 303 g/mol. The molecule has 1 heterocycles. The molecule has 0 unspecified atom stereocenters. The number of ether oxygens (including phenoxy) is 1. The number of esters is 1. The molecule has 2 aliphatic rings. The standard InChI is InChI=1S/C18H25NO3/c1-2-22-18(21)13-7-9-19(10-8-13)16-11-14-5-3-4-6-15(14)12-17(16)20/h3-6,13,16-17,20H,2,7-12H2,1H3/t16-,17-/m1/s1. The van der Waals surface area contributed by atoms with Gasteiger partial charge < -0.3 is 9.84 Å². The summed E-state index contributed by atoms with van der Waals surface area (Å²) in [6, 6.07) is 8.57. The van der Waals surface area contributed by atoms with Gasteiger partial charge in [-0.05, 0) is 50.4 Å². The largest absolute Gasteiger partial charge is 0.466 e. The number of likely N-dealkylation sites (tertiary alicyclic amines) is 1. The van der Waals surface area contributed by atoms with Gasteiger partial charge in [0, 0.05) is 12.5 Å². The summed E-state index contributed by atoms with van der Waals surface area (Å²) in [5.41, 5.74) is 2.62. The summed E-state index contributed by atoms with van der Waals surface area (Å²) in [7, 11) is 0. The van der Waals surface area contributed by atoms with Crippen molar-refractivity contribution in [1.29, 1.82) is 0 Å². The monoisotopic (exact) mass is 303 g/mol. The van der Waals surface area contributed by atoms with Gasteiger partial charge in [-0.3, -0.25) is 9.69 Å². The van der Waals surface area contributed by atoms with Crippen molar-refractivity contribution < 1.29 is 14.6 Å². The van der Waals surface area contributed by atoms with Gasteiger partial charge in [-0.15, -0.1) is 0 Å². The van der Waals surface area contributed by atoms with Crippen LogP contribution in [-0.4, -0.2) is 47.8 Å². The predicted octanol–water partition coefficient (Wildman–Crippen LogP) is 1.79. The molecule has 0 bridgehead atoms. The van der Waals surface area contributed by atoms with E-state index in [1.807, 2.05) is 13.0 Å². The number of fused-ring (bicyclic) bond motifs is 1. The highest BCUT2D eigenvalue weighted by atomic mass is 16.5. The van der Waals surface area contributed by atoms with Gasteiger partial charge >= 0.3 is 5.97 Å². The van der Waals surface area contributed by atoms with Gasteiger partial charge in [0.25, 0.3) is 0 Å². The molecule has 4 heteroatoms. The van der Waals surface area contributed by atoms with Crippen molar-refractivity contribution in [2.75, 3.05) is 19.7 Å². The lowest BCUT2D eigenvalue weighted by molar-refractivity contribution is -0.150.